The van der Waals surface area contributed by atoms with Crippen LogP contribution in [-0.2, 0) is 4.79 Å². The van der Waals surface area contributed by atoms with Crippen LogP contribution in [0.25, 0.3) is 0 Å². The average molecular weight is 390 g/mol. The zero-order valence-electron chi connectivity index (χ0n) is 16.8. The summed E-state index contributed by atoms with van der Waals surface area (Å²) >= 11 is 6.26. The van der Waals surface area contributed by atoms with Crippen molar-refractivity contribution < 1.29 is 9.53 Å². The van der Waals surface area contributed by atoms with Crippen LogP contribution in [0.3, 0.4) is 0 Å². The zero-order valence-corrected chi connectivity index (χ0v) is 17.6. The summed E-state index contributed by atoms with van der Waals surface area (Å²) in [5, 5.41) is 3.94. The van der Waals surface area contributed by atoms with Crippen molar-refractivity contribution in [3.8, 4) is 5.75 Å². The van der Waals surface area contributed by atoms with Gasteiger partial charge in [-0.1, -0.05) is 25.4 Å². The Morgan fingerprint density at radius 2 is 1.78 bits per heavy atom. The first kappa shape index (κ1) is 19.1. The van der Waals surface area contributed by atoms with Gasteiger partial charge in [0.1, 0.15) is 5.75 Å². The summed E-state index contributed by atoms with van der Waals surface area (Å²) < 4.78 is 5.90. The van der Waals surface area contributed by atoms with Crippen LogP contribution in [0, 0.1) is 30.1 Å². The van der Waals surface area contributed by atoms with E-state index in [1.807, 2.05) is 19.1 Å². The number of ether oxygens (including phenoxy) is 1. The average Bonchev–Trinajstić information content (AvgIpc) is 2.59. The van der Waals surface area contributed by atoms with E-state index in [9.17, 15) is 4.79 Å². The zero-order chi connectivity index (χ0) is 19.2. The van der Waals surface area contributed by atoms with Crippen LogP contribution >= 0.6 is 11.6 Å². The number of carbonyl (C=O) groups is 1. The Kier molecular flexibility index (Phi) is 5.18. The first-order chi connectivity index (χ1) is 12.8. The predicted octanol–water partition coefficient (Wildman–Crippen LogP) is 5.48. The van der Waals surface area contributed by atoms with E-state index in [2.05, 4.69) is 19.2 Å². The summed E-state index contributed by atoms with van der Waals surface area (Å²) in [5.74, 6) is 3.80. The standard InChI is InChI=1S/C23H32ClNO2/c1-14(2)19-8-20(24)15(3)4-21(19)27-12-22(26)25-13-23-9-16-5-17(10-23)7-18(6-16)11-23/h4,8,14,16-18H,5-7,9-13H2,1-3H3,(H,25,26). The van der Waals surface area contributed by atoms with Crippen molar-refractivity contribution in [2.45, 2.75) is 65.2 Å². The molecule has 4 aliphatic rings. The SMILES string of the molecule is Cc1cc(OCC(=O)NCC23CC4CC(CC(C4)C2)C3)c(C(C)C)cc1Cl. The smallest absolute Gasteiger partial charge is 0.257 e. The molecule has 0 unspecified atom stereocenters. The molecule has 0 heterocycles. The lowest BCUT2D eigenvalue weighted by Crippen LogP contribution is -2.51. The molecule has 4 saturated carbocycles. The molecular weight excluding hydrogens is 358 g/mol. The molecule has 0 atom stereocenters. The van der Waals surface area contributed by atoms with E-state index in [0.29, 0.717) is 11.3 Å². The molecule has 4 bridgehead atoms. The minimum absolute atomic E-state index is 0.00643. The van der Waals surface area contributed by atoms with Crippen LogP contribution in [0.2, 0.25) is 5.02 Å². The number of halogens is 1. The second-order valence-electron chi connectivity index (χ2n) is 9.78. The monoisotopic (exact) mass is 389 g/mol. The first-order valence-corrected chi connectivity index (χ1v) is 10.9. The van der Waals surface area contributed by atoms with E-state index in [0.717, 1.165) is 46.2 Å². The van der Waals surface area contributed by atoms with Crippen LogP contribution in [0.5, 0.6) is 5.75 Å². The topological polar surface area (TPSA) is 38.3 Å². The van der Waals surface area contributed by atoms with Crippen LogP contribution in [0.1, 0.15) is 69.4 Å². The Morgan fingerprint density at radius 1 is 1.19 bits per heavy atom. The highest BCUT2D eigenvalue weighted by Gasteiger charge is 2.50. The van der Waals surface area contributed by atoms with Gasteiger partial charge in [0.15, 0.2) is 6.61 Å². The minimum Gasteiger partial charge on any atom is -0.483 e. The molecule has 3 nitrogen and oxygen atoms in total. The number of aryl methyl sites for hydroxylation is 1. The number of benzene rings is 1. The van der Waals surface area contributed by atoms with Gasteiger partial charge < -0.3 is 10.1 Å². The molecule has 4 aliphatic carbocycles. The molecular formula is C23H32ClNO2. The van der Waals surface area contributed by atoms with Crippen molar-refractivity contribution in [2.75, 3.05) is 13.2 Å². The number of nitrogens with one attached hydrogen (secondary N) is 1. The number of hydrogen-bond acceptors (Lipinski definition) is 2. The van der Waals surface area contributed by atoms with Gasteiger partial charge in [-0.3, -0.25) is 4.79 Å². The molecule has 0 saturated heterocycles. The molecule has 0 aromatic heterocycles. The minimum atomic E-state index is -0.00643. The lowest BCUT2D eigenvalue weighted by atomic mass is 9.49. The molecule has 4 heteroatoms. The van der Waals surface area contributed by atoms with E-state index in [1.54, 1.807) is 0 Å². The molecule has 148 valence electrons. The van der Waals surface area contributed by atoms with Crippen LogP contribution in [0.15, 0.2) is 12.1 Å². The Morgan fingerprint density at radius 3 is 2.33 bits per heavy atom. The quantitative estimate of drug-likeness (QED) is 0.699. The molecule has 4 fully saturated rings. The summed E-state index contributed by atoms with van der Waals surface area (Å²) in [4.78, 5) is 12.5. The summed E-state index contributed by atoms with van der Waals surface area (Å²) in [6.07, 6.45) is 8.24. The summed E-state index contributed by atoms with van der Waals surface area (Å²) in [6, 6.07) is 3.91. The van der Waals surface area contributed by atoms with Gasteiger partial charge in [-0.2, -0.15) is 0 Å². The highest BCUT2D eigenvalue weighted by molar-refractivity contribution is 6.31. The maximum absolute atomic E-state index is 12.5. The fourth-order valence-electron chi connectivity index (χ4n) is 6.23. The van der Waals surface area contributed by atoms with Crippen molar-refractivity contribution in [1.29, 1.82) is 0 Å². The molecule has 27 heavy (non-hydrogen) atoms. The number of amides is 1. The first-order valence-electron chi connectivity index (χ1n) is 10.5. The summed E-state index contributed by atoms with van der Waals surface area (Å²) in [6.45, 7) is 7.09. The lowest BCUT2D eigenvalue weighted by molar-refractivity contribution is -0.125. The third-order valence-electron chi connectivity index (χ3n) is 7.10. The number of carbonyl (C=O) groups excluding carboxylic acids is 1. The third-order valence-corrected chi connectivity index (χ3v) is 7.50. The van der Waals surface area contributed by atoms with E-state index < -0.39 is 0 Å². The second-order valence-corrected chi connectivity index (χ2v) is 10.2. The van der Waals surface area contributed by atoms with Crippen LogP contribution in [0.4, 0.5) is 0 Å². The molecule has 0 aliphatic heterocycles. The third kappa shape index (κ3) is 3.99. The highest BCUT2D eigenvalue weighted by Crippen LogP contribution is 2.59. The van der Waals surface area contributed by atoms with Gasteiger partial charge in [-0.05, 0) is 97.8 Å². The van der Waals surface area contributed by atoms with Gasteiger partial charge in [-0.15, -0.1) is 0 Å². The van der Waals surface area contributed by atoms with Crippen LogP contribution < -0.4 is 10.1 Å². The van der Waals surface area contributed by atoms with E-state index >= 15 is 0 Å². The Hall–Kier alpha value is -1.22. The van der Waals surface area contributed by atoms with Gasteiger partial charge in [0.2, 0.25) is 0 Å². The van der Waals surface area contributed by atoms with Crippen molar-refractivity contribution in [3.05, 3.63) is 28.3 Å². The Balaban J connectivity index is 1.34. The molecule has 1 aromatic rings. The largest absolute Gasteiger partial charge is 0.483 e. The predicted molar refractivity (Wildman–Crippen MR) is 109 cm³/mol. The summed E-state index contributed by atoms with van der Waals surface area (Å²) in [5.41, 5.74) is 2.40. The Labute approximate surface area is 168 Å². The van der Waals surface area contributed by atoms with Gasteiger partial charge in [0, 0.05) is 11.6 Å². The molecule has 0 spiro atoms. The van der Waals surface area contributed by atoms with Crippen molar-refractivity contribution in [1.82, 2.24) is 5.32 Å². The van der Waals surface area contributed by atoms with Gasteiger partial charge in [0.25, 0.3) is 5.91 Å². The van der Waals surface area contributed by atoms with Crippen molar-refractivity contribution in [2.24, 2.45) is 23.2 Å². The lowest BCUT2D eigenvalue weighted by Gasteiger charge is -2.56. The molecule has 1 aromatic carbocycles. The fourth-order valence-corrected chi connectivity index (χ4v) is 6.41. The van der Waals surface area contributed by atoms with Gasteiger partial charge in [-0.25, -0.2) is 0 Å². The van der Waals surface area contributed by atoms with Crippen molar-refractivity contribution >= 4 is 17.5 Å². The number of hydrogen-bond donors (Lipinski definition) is 1. The van der Waals surface area contributed by atoms with E-state index in [4.69, 9.17) is 16.3 Å². The van der Waals surface area contributed by atoms with Crippen molar-refractivity contribution in [3.63, 3.8) is 0 Å². The second kappa shape index (κ2) is 7.31. The van der Waals surface area contributed by atoms with Gasteiger partial charge >= 0.3 is 0 Å². The fraction of sp³-hybridized carbons (Fsp3) is 0.696. The summed E-state index contributed by atoms with van der Waals surface area (Å²) in [7, 11) is 0. The molecule has 1 N–H and O–H groups in total. The Bertz CT molecular complexity index is 692. The van der Waals surface area contributed by atoms with E-state index in [-0.39, 0.29) is 12.5 Å². The van der Waals surface area contributed by atoms with Gasteiger partial charge in [0.05, 0.1) is 0 Å². The maximum atomic E-state index is 12.5. The number of rotatable bonds is 6. The molecule has 0 radical (unpaired) electrons. The maximum Gasteiger partial charge on any atom is 0.257 e. The molecule has 1 amide bonds. The van der Waals surface area contributed by atoms with Crippen LogP contribution in [-0.4, -0.2) is 19.1 Å². The van der Waals surface area contributed by atoms with E-state index in [1.165, 1.54) is 38.5 Å². The highest BCUT2D eigenvalue weighted by atomic mass is 35.5. The molecule has 5 rings (SSSR count). The normalized spacial score (nSPS) is 31.4.